The van der Waals surface area contributed by atoms with Gasteiger partial charge in [0.2, 0.25) is 0 Å². The van der Waals surface area contributed by atoms with Crippen molar-refractivity contribution in [2.75, 3.05) is 17.8 Å². The zero-order valence-electron chi connectivity index (χ0n) is 12.6. The second kappa shape index (κ2) is 7.20. The van der Waals surface area contributed by atoms with Gasteiger partial charge in [0.05, 0.1) is 0 Å². The molecule has 118 valence electrons. The first kappa shape index (κ1) is 16.2. The Morgan fingerprint density at radius 2 is 2.19 bits per heavy atom. The standard InChI is InChI=1S/C14H24N4O2S/c1-12(2)16-11-13-7-4-6-10-18(13)21(19,20)17-14-8-3-5-9-15-14/h3,5,8-9,12-13,16H,4,6-7,10-11H2,1-2H3,(H,15,17). The Labute approximate surface area is 127 Å². The third-order valence-electron chi connectivity index (χ3n) is 3.54. The highest BCUT2D eigenvalue weighted by atomic mass is 32.2. The van der Waals surface area contributed by atoms with Crippen LogP contribution < -0.4 is 10.0 Å². The van der Waals surface area contributed by atoms with E-state index in [2.05, 4.69) is 28.9 Å². The maximum atomic E-state index is 12.6. The lowest BCUT2D eigenvalue weighted by Crippen LogP contribution is -2.51. The zero-order chi connectivity index (χ0) is 15.3. The molecule has 0 spiro atoms. The van der Waals surface area contributed by atoms with Crippen molar-refractivity contribution >= 4 is 16.0 Å². The average molecular weight is 312 g/mol. The number of piperidine rings is 1. The van der Waals surface area contributed by atoms with Gasteiger partial charge in [-0.2, -0.15) is 12.7 Å². The Kier molecular flexibility index (Phi) is 5.55. The highest BCUT2D eigenvalue weighted by Gasteiger charge is 2.32. The summed E-state index contributed by atoms with van der Waals surface area (Å²) in [5.74, 6) is 0.360. The molecule has 1 atom stereocenters. The van der Waals surface area contributed by atoms with Crippen molar-refractivity contribution < 1.29 is 8.42 Å². The van der Waals surface area contributed by atoms with E-state index in [1.165, 1.54) is 0 Å². The smallest absolute Gasteiger partial charge is 0.303 e. The molecule has 1 aromatic heterocycles. The lowest BCUT2D eigenvalue weighted by atomic mass is 10.0. The molecule has 1 aliphatic heterocycles. The molecule has 1 saturated heterocycles. The minimum absolute atomic E-state index is 0.00219. The van der Waals surface area contributed by atoms with E-state index in [1.54, 1.807) is 28.7 Å². The third kappa shape index (κ3) is 4.66. The second-order valence-electron chi connectivity index (χ2n) is 5.65. The summed E-state index contributed by atoms with van der Waals surface area (Å²) in [4.78, 5) is 4.03. The molecule has 1 aromatic rings. The summed E-state index contributed by atoms with van der Waals surface area (Å²) in [5, 5.41) is 3.33. The van der Waals surface area contributed by atoms with Gasteiger partial charge in [-0.15, -0.1) is 0 Å². The summed E-state index contributed by atoms with van der Waals surface area (Å²) in [6.07, 6.45) is 4.44. The molecule has 0 aliphatic carbocycles. The Bertz CT molecular complexity index is 533. The van der Waals surface area contributed by atoms with Crippen LogP contribution in [-0.4, -0.2) is 42.9 Å². The van der Waals surface area contributed by atoms with Crippen LogP contribution in [0.3, 0.4) is 0 Å². The van der Waals surface area contributed by atoms with Gasteiger partial charge < -0.3 is 5.32 Å². The van der Waals surface area contributed by atoms with E-state index < -0.39 is 10.2 Å². The molecular formula is C14H24N4O2S. The van der Waals surface area contributed by atoms with Crippen LogP contribution in [0.4, 0.5) is 5.82 Å². The first-order chi connectivity index (χ1) is 9.99. The minimum atomic E-state index is -3.55. The Morgan fingerprint density at radius 1 is 1.38 bits per heavy atom. The van der Waals surface area contributed by atoms with E-state index in [0.717, 1.165) is 19.3 Å². The topological polar surface area (TPSA) is 74.3 Å². The lowest BCUT2D eigenvalue weighted by molar-refractivity contribution is 0.243. The van der Waals surface area contributed by atoms with Crippen LogP contribution in [0, 0.1) is 0 Å². The quantitative estimate of drug-likeness (QED) is 0.836. The zero-order valence-corrected chi connectivity index (χ0v) is 13.4. The van der Waals surface area contributed by atoms with Gasteiger partial charge in [-0.05, 0) is 25.0 Å². The van der Waals surface area contributed by atoms with Crippen molar-refractivity contribution in [3.8, 4) is 0 Å². The van der Waals surface area contributed by atoms with Crippen molar-refractivity contribution in [1.29, 1.82) is 0 Å². The lowest BCUT2D eigenvalue weighted by Gasteiger charge is -2.35. The fraction of sp³-hybridized carbons (Fsp3) is 0.643. The normalized spacial score (nSPS) is 20.6. The minimum Gasteiger partial charge on any atom is -0.313 e. The Balaban J connectivity index is 2.08. The van der Waals surface area contributed by atoms with Gasteiger partial charge in [0, 0.05) is 31.4 Å². The molecule has 7 heteroatoms. The Morgan fingerprint density at radius 3 is 2.86 bits per heavy atom. The molecule has 21 heavy (non-hydrogen) atoms. The molecule has 1 fully saturated rings. The number of nitrogens with one attached hydrogen (secondary N) is 2. The Hall–Kier alpha value is -1.18. The van der Waals surface area contributed by atoms with E-state index in [1.807, 2.05) is 0 Å². The number of nitrogens with zero attached hydrogens (tertiary/aromatic N) is 2. The van der Waals surface area contributed by atoms with E-state index >= 15 is 0 Å². The first-order valence-corrected chi connectivity index (χ1v) is 8.87. The highest BCUT2D eigenvalue weighted by Crippen LogP contribution is 2.21. The van der Waals surface area contributed by atoms with Crippen molar-refractivity contribution in [1.82, 2.24) is 14.6 Å². The van der Waals surface area contributed by atoms with E-state index in [-0.39, 0.29) is 6.04 Å². The average Bonchev–Trinajstić information content (AvgIpc) is 2.46. The molecular weight excluding hydrogens is 288 g/mol. The van der Waals surface area contributed by atoms with Crippen LogP contribution in [0.1, 0.15) is 33.1 Å². The first-order valence-electron chi connectivity index (χ1n) is 7.43. The molecule has 2 rings (SSSR count). The molecule has 1 unspecified atom stereocenters. The van der Waals surface area contributed by atoms with Gasteiger partial charge in [0.1, 0.15) is 5.82 Å². The summed E-state index contributed by atoms with van der Waals surface area (Å²) < 4.78 is 29.2. The number of anilines is 1. The molecule has 0 saturated carbocycles. The van der Waals surface area contributed by atoms with Crippen molar-refractivity contribution in [2.45, 2.75) is 45.2 Å². The van der Waals surface area contributed by atoms with Crippen LogP contribution in [-0.2, 0) is 10.2 Å². The van der Waals surface area contributed by atoms with Crippen molar-refractivity contribution in [3.63, 3.8) is 0 Å². The largest absolute Gasteiger partial charge is 0.313 e. The number of hydrogen-bond donors (Lipinski definition) is 2. The molecule has 0 bridgehead atoms. The van der Waals surface area contributed by atoms with Gasteiger partial charge in [0.25, 0.3) is 0 Å². The highest BCUT2D eigenvalue weighted by molar-refractivity contribution is 7.90. The summed E-state index contributed by atoms with van der Waals surface area (Å²) in [6.45, 7) is 5.37. The van der Waals surface area contributed by atoms with E-state index in [4.69, 9.17) is 0 Å². The molecule has 0 aromatic carbocycles. The number of pyridine rings is 1. The molecule has 2 N–H and O–H groups in total. The van der Waals surface area contributed by atoms with E-state index in [0.29, 0.717) is 24.9 Å². The SMILES string of the molecule is CC(C)NCC1CCCCN1S(=O)(=O)Nc1ccccn1. The summed E-state index contributed by atoms with van der Waals surface area (Å²) >= 11 is 0. The van der Waals surface area contributed by atoms with Crippen molar-refractivity contribution in [3.05, 3.63) is 24.4 Å². The maximum absolute atomic E-state index is 12.6. The molecule has 6 nitrogen and oxygen atoms in total. The summed E-state index contributed by atoms with van der Waals surface area (Å²) in [6, 6.07) is 5.53. The molecule has 0 radical (unpaired) electrons. The van der Waals surface area contributed by atoms with Crippen LogP contribution >= 0.6 is 0 Å². The number of rotatable bonds is 6. The maximum Gasteiger partial charge on any atom is 0.303 e. The number of hydrogen-bond acceptors (Lipinski definition) is 4. The van der Waals surface area contributed by atoms with Gasteiger partial charge in [-0.25, -0.2) is 4.98 Å². The summed E-state index contributed by atoms with van der Waals surface area (Å²) in [7, 11) is -3.55. The fourth-order valence-corrected chi connectivity index (χ4v) is 3.92. The van der Waals surface area contributed by atoms with Crippen LogP contribution in [0.25, 0.3) is 0 Å². The summed E-state index contributed by atoms with van der Waals surface area (Å²) in [5.41, 5.74) is 0. The van der Waals surface area contributed by atoms with Crippen LogP contribution in [0.15, 0.2) is 24.4 Å². The predicted molar refractivity (Wildman–Crippen MR) is 84.3 cm³/mol. The van der Waals surface area contributed by atoms with Crippen LogP contribution in [0.5, 0.6) is 0 Å². The van der Waals surface area contributed by atoms with Gasteiger partial charge in [0.15, 0.2) is 0 Å². The van der Waals surface area contributed by atoms with Crippen molar-refractivity contribution in [2.24, 2.45) is 0 Å². The van der Waals surface area contributed by atoms with Crippen LogP contribution in [0.2, 0.25) is 0 Å². The predicted octanol–water partition coefficient (Wildman–Crippen LogP) is 1.59. The van der Waals surface area contributed by atoms with Gasteiger partial charge in [-0.1, -0.05) is 26.3 Å². The molecule has 1 aliphatic rings. The monoisotopic (exact) mass is 312 g/mol. The molecule has 2 heterocycles. The number of aromatic nitrogens is 1. The molecule has 0 amide bonds. The fourth-order valence-electron chi connectivity index (χ4n) is 2.48. The van der Waals surface area contributed by atoms with Gasteiger partial charge in [-0.3, -0.25) is 4.72 Å². The second-order valence-corrected chi connectivity index (χ2v) is 7.27. The van der Waals surface area contributed by atoms with E-state index in [9.17, 15) is 8.42 Å². The van der Waals surface area contributed by atoms with Gasteiger partial charge >= 0.3 is 10.2 Å². The third-order valence-corrected chi connectivity index (χ3v) is 5.11.